The standard InChI is InChI=1S/C11H11N3O2S2/c1-6-10(14-16-13-6)12-11(15)9-7-2-4-17-8(7)3-5-18-9/h2,4,9H,3,5H2,1H3,(H,12,14,15)/t9-/m1/s1. The molecule has 0 unspecified atom stereocenters. The van der Waals surface area contributed by atoms with Crippen LogP contribution in [0.1, 0.15) is 21.4 Å². The first-order chi connectivity index (χ1) is 8.75. The Labute approximate surface area is 112 Å². The molecule has 1 amide bonds. The van der Waals surface area contributed by atoms with Crippen LogP contribution >= 0.6 is 23.1 Å². The molecule has 1 atom stereocenters. The topological polar surface area (TPSA) is 68.0 Å². The van der Waals surface area contributed by atoms with Gasteiger partial charge in [-0.2, -0.15) is 0 Å². The van der Waals surface area contributed by atoms with Gasteiger partial charge >= 0.3 is 0 Å². The van der Waals surface area contributed by atoms with Crippen LogP contribution in [0.4, 0.5) is 5.82 Å². The van der Waals surface area contributed by atoms with Crippen LogP contribution in [0.3, 0.4) is 0 Å². The molecular weight excluding hydrogens is 270 g/mol. The monoisotopic (exact) mass is 281 g/mol. The summed E-state index contributed by atoms with van der Waals surface area (Å²) in [5.74, 6) is 1.32. The van der Waals surface area contributed by atoms with Gasteiger partial charge in [-0.3, -0.25) is 4.79 Å². The quantitative estimate of drug-likeness (QED) is 0.915. The fraction of sp³-hybridized carbons (Fsp3) is 0.364. The molecule has 5 nitrogen and oxygen atoms in total. The molecule has 0 spiro atoms. The Balaban J connectivity index is 1.81. The molecule has 3 rings (SSSR count). The second-order valence-corrected chi connectivity index (χ2v) is 6.20. The minimum absolute atomic E-state index is 0.0573. The van der Waals surface area contributed by atoms with Crippen molar-refractivity contribution in [2.75, 3.05) is 11.1 Å². The molecule has 2 aromatic heterocycles. The summed E-state index contributed by atoms with van der Waals surface area (Å²) in [6.45, 7) is 1.75. The maximum absolute atomic E-state index is 12.2. The highest BCUT2D eigenvalue weighted by molar-refractivity contribution is 8.00. The summed E-state index contributed by atoms with van der Waals surface area (Å²) in [5, 5.41) is 12.0. The molecule has 18 heavy (non-hydrogen) atoms. The van der Waals surface area contributed by atoms with E-state index in [0.29, 0.717) is 11.5 Å². The Hall–Kier alpha value is -1.34. The Morgan fingerprint density at radius 2 is 2.44 bits per heavy atom. The molecule has 3 heterocycles. The summed E-state index contributed by atoms with van der Waals surface area (Å²) >= 11 is 3.38. The smallest absolute Gasteiger partial charge is 0.243 e. The maximum Gasteiger partial charge on any atom is 0.243 e. The minimum atomic E-state index is -0.156. The summed E-state index contributed by atoms with van der Waals surface area (Å²) in [6.07, 6.45) is 1.05. The third-order valence-electron chi connectivity index (χ3n) is 2.81. The normalized spacial score (nSPS) is 18.4. The highest BCUT2D eigenvalue weighted by Gasteiger charge is 2.28. The van der Waals surface area contributed by atoms with Gasteiger partial charge in [0.05, 0.1) is 0 Å². The Morgan fingerprint density at radius 3 is 3.22 bits per heavy atom. The van der Waals surface area contributed by atoms with Crippen molar-refractivity contribution in [2.24, 2.45) is 0 Å². The van der Waals surface area contributed by atoms with Gasteiger partial charge in [0.2, 0.25) is 5.91 Å². The van der Waals surface area contributed by atoms with Gasteiger partial charge in [0.25, 0.3) is 0 Å². The van der Waals surface area contributed by atoms with Crippen molar-refractivity contribution >= 4 is 34.8 Å². The lowest BCUT2D eigenvalue weighted by atomic mass is 10.1. The summed E-state index contributed by atoms with van der Waals surface area (Å²) in [7, 11) is 0. The van der Waals surface area contributed by atoms with Gasteiger partial charge in [0, 0.05) is 4.88 Å². The van der Waals surface area contributed by atoms with Crippen LogP contribution in [-0.2, 0) is 11.2 Å². The number of thiophene rings is 1. The van der Waals surface area contributed by atoms with Crippen molar-refractivity contribution in [1.29, 1.82) is 0 Å². The number of rotatable bonds is 2. The van der Waals surface area contributed by atoms with E-state index in [9.17, 15) is 4.79 Å². The van der Waals surface area contributed by atoms with E-state index >= 15 is 0 Å². The number of nitrogens with zero attached hydrogens (tertiary/aromatic N) is 2. The van der Waals surface area contributed by atoms with Crippen LogP contribution in [0.5, 0.6) is 0 Å². The molecule has 2 aromatic rings. The molecule has 1 aliphatic heterocycles. The first kappa shape index (κ1) is 11.7. The van der Waals surface area contributed by atoms with Gasteiger partial charge in [0.15, 0.2) is 5.82 Å². The van der Waals surface area contributed by atoms with E-state index in [1.165, 1.54) is 4.88 Å². The van der Waals surface area contributed by atoms with E-state index in [-0.39, 0.29) is 11.2 Å². The number of amides is 1. The molecule has 0 aromatic carbocycles. The van der Waals surface area contributed by atoms with Crippen molar-refractivity contribution < 1.29 is 9.42 Å². The number of thioether (sulfide) groups is 1. The highest BCUT2D eigenvalue weighted by Crippen LogP contribution is 2.39. The zero-order chi connectivity index (χ0) is 12.5. The predicted octanol–water partition coefficient (Wildman–Crippen LogP) is 2.41. The SMILES string of the molecule is Cc1nonc1NC(=O)[C@@H]1SCCc2sccc21. The number of anilines is 1. The number of nitrogens with one attached hydrogen (secondary N) is 1. The highest BCUT2D eigenvalue weighted by atomic mass is 32.2. The lowest BCUT2D eigenvalue weighted by molar-refractivity contribution is -0.115. The summed E-state index contributed by atoms with van der Waals surface area (Å²) in [4.78, 5) is 13.6. The number of carbonyl (C=O) groups is 1. The lowest BCUT2D eigenvalue weighted by Crippen LogP contribution is -2.22. The number of aromatic nitrogens is 2. The molecule has 0 saturated heterocycles. The van der Waals surface area contributed by atoms with Crippen molar-refractivity contribution in [1.82, 2.24) is 10.3 Å². The molecular formula is C11H11N3O2S2. The Morgan fingerprint density at radius 1 is 1.56 bits per heavy atom. The van der Waals surface area contributed by atoms with Crippen LogP contribution in [-0.4, -0.2) is 22.0 Å². The molecule has 7 heteroatoms. The molecule has 0 radical (unpaired) electrons. The van der Waals surface area contributed by atoms with E-state index in [0.717, 1.165) is 17.7 Å². The van der Waals surface area contributed by atoms with Crippen molar-refractivity contribution in [2.45, 2.75) is 18.6 Å². The number of hydrogen-bond donors (Lipinski definition) is 1. The van der Waals surface area contributed by atoms with Crippen molar-refractivity contribution in [3.8, 4) is 0 Å². The van der Waals surface area contributed by atoms with Gasteiger partial charge in [0.1, 0.15) is 10.9 Å². The van der Waals surface area contributed by atoms with Gasteiger partial charge in [-0.05, 0) is 41.3 Å². The number of carbonyl (C=O) groups excluding carboxylic acids is 1. The van der Waals surface area contributed by atoms with Crippen LogP contribution < -0.4 is 5.32 Å². The van der Waals surface area contributed by atoms with Gasteiger partial charge in [-0.15, -0.1) is 23.1 Å². The maximum atomic E-state index is 12.2. The lowest BCUT2D eigenvalue weighted by Gasteiger charge is -2.20. The van der Waals surface area contributed by atoms with Crippen LogP contribution in [0, 0.1) is 6.92 Å². The van der Waals surface area contributed by atoms with E-state index in [4.69, 9.17) is 0 Å². The van der Waals surface area contributed by atoms with Gasteiger partial charge in [-0.25, -0.2) is 4.63 Å². The molecule has 94 valence electrons. The van der Waals surface area contributed by atoms with Gasteiger partial charge in [-0.1, -0.05) is 5.16 Å². The van der Waals surface area contributed by atoms with E-state index < -0.39 is 0 Å². The van der Waals surface area contributed by atoms with Crippen molar-refractivity contribution in [3.05, 3.63) is 27.6 Å². The molecule has 0 bridgehead atoms. The van der Waals surface area contributed by atoms with E-state index in [2.05, 4.69) is 20.3 Å². The molecule has 1 N–H and O–H groups in total. The number of aryl methyl sites for hydroxylation is 2. The average Bonchev–Trinajstić information content (AvgIpc) is 2.98. The zero-order valence-electron chi connectivity index (χ0n) is 9.67. The van der Waals surface area contributed by atoms with E-state index in [1.54, 1.807) is 30.0 Å². The Kier molecular flexibility index (Phi) is 3.09. The molecule has 1 aliphatic rings. The average molecular weight is 281 g/mol. The summed E-state index contributed by atoms with van der Waals surface area (Å²) in [5.41, 5.74) is 1.72. The van der Waals surface area contributed by atoms with Crippen LogP contribution in [0.15, 0.2) is 16.1 Å². The number of fused-ring (bicyclic) bond motifs is 1. The zero-order valence-corrected chi connectivity index (χ0v) is 11.3. The fourth-order valence-electron chi connectivity index (χ4n) is 1.89. The largest absolute Gasteiger partial charge is 0.305 e. The summed E-state index contributed by atoms with van der Waals surface area (Å²) in [6, 6.07) is 2.03. The minimum Gasteiger partial charge on any atom is -0.305 e. The molecule has 0 fully saturated rings. The first-order valence-corrected chi connectivity index (χ1v) is 7.46. The third-order valence-corrected chi connectivity index (χ3v) is 5.05. The van der Waals surface area contributed by atoms with E-state index in [1.807, 2.05) is 11.4 Å². The predicted molar refractivity (Wildman–Crippen MR) is 70.9 cm³/mol. The second kappa shape index (κ2) is 4.74. The first-order valence-electron chi connectivity index (χ1n) is 5.53. The second-order valence-electron chi connectivity index (χ2n) is 3.99. The molecule has 0 saturated carbocycles. The Bertz CT molecular complexity index is 578. The number of hydrogen-bond acceptors (Lipinski definition) is 6. The van der Waals surface area contributed by atoms with Gasteiger partial charge < -0.3 is 5.32 Å². The summed E-state index contributed by atoms with van der Waals surface area (Å²) < 4.78 is 4.57. The third kappa shape index (κ3) is 2.04. The van der Waals surface area contributed by atoms with Crippen LogP contribution in [0.2, 0.25) is 0 Å². The fourth-order valence-corrected chi connectivity index (χ4v) is 4.18. The van der Waals surface area contributed by atoms with Crippen LogP contribution in [0.25, 0.3) is 0 Å². The molecule has 0 aliphatic carbocycles. The van der Waals surface area contributed by atoms with Crippen molar-refractivity contribution in [3.63, 3.8) is 0 Å².